The third kappa shape index (κ3) is 5.02. The number of thiocarbonyl (C=S) groups is 1. The van der Waals surface area contributed by atoms with Gasteiger partial charge in [0, 0.05) is 20.6 Å². The largest absolute Gasteiger partial charge is 0.389 e. The number of nitrogens with zero attached hydrogens (tertiary/aromatic N) is 1. The van der Waals surface area contributed by atoms with E-state index in [0.717, 1.165) is 0 Å². The van der Waals surface area contributed by atoms with Gasteiger partial charge in [0.25, 0.3) is 0 Å². The molecule has 0 aliphatic heterocycles. The van der Waals surface area contributed by atoms with E-state index in [1.165, 1.54) is 5.01 Å². The molecule has 0 saturated carbocycles. The number of carbonyl (C=O) groups excluding carboxylic acids is 2. The number of nitrogens with two attached hydrogens (primary N) is 1. The molecule has 2 unspecified atom stereocenters. The number of ketones is 2. The van der Waals surface area contributed by atoms with Gasteiger partial charge in [0.1, 0.15) is 6.10 Å². The van der Waals surface area contributed by atoms with E-state index in [1.807, 2.05) is 0 Å². The minimum absolute atomic E-state index is 0.308. The summed E-state index contributed by atoms with van der Waals surface area (Å²) in [6.07, 6.45) is -3.25. The Balaban J connectivity index is 4.25. The van der Waals surface area contributed by atoms with E-state index >= 15 is 0 Å². The number of carbonyl (C=O) groups is 2. The van der Waals surface area contributed by atoms with Crippen LogP contribution in [-0.2, 0) is 9.59 Å². The molecule has 0 aliphatic rings. The van der Waals surface area contributed by atoms with Gasteiger partial charge < -0.3 is 21.3 Å². The lowest BCUT2D eigenvalue weighted by Gasteiger charge is -2.20. The number of rotatable bonds is 7. The predicted octanol–water partition coefficient (Wildman–Crippen LogP) is -3.25. The quantitative estimate of drug-likeness (QED) is 0.185. The Morgan fingerprint density at radius 3 is 2.44 bits per heavy atom. The lowest BCUT2D eigenvalue weighted by atomic mass is 10.1. The zero-order valence-electron chi connectivity index (χ0n) is 10.2. The Bertz CT molecular complexity index is 326. The number of aliphatic hydroxyl groups is 2. The first-order valence-corrected chi connectivity index (χ1v) is 5.58. The molecular weight excluding hydrogens is 260 g/mol. The smallest absolute Gasteiger partial charge is 0.230 e. The molecule has 0 radical (unpaired) electrons. The molecule has 0 amide bonds. The van der Waals surface area contributed by atoms with Crippen molar-refractivity contribution >= 4 is 28.9 Å². The minimum atomic E-state index is -1.80. The summed E-state index contributed by atoms with van der Waals surface area (Å²) in [6, 6.07) is 0. The molecule has 0 bridgehead atoms. The van der Waals surface area contributed by atoms with Gasteiger partial charge in [0.05, 0.1) is 12.6 Å². The van der Waals surface area contributed by atoms with Crippen molar-refractivity contribution in [3.63, 3.8) is 0 Å². The second kappa shape index (κ2) is 8.06. The third-order valence-electron chi connectivity index (χ3n) is 2.14. The molecule has 0 aromatic rings. The lowest BCUT2D eigenvalue weighted by molar-refractivity contribution is -0.144. The van der Waals surface area contributed by atoms with Gasteiger partial charge in [0.15, 0.2) is 5.11 Å². The zero-order chi connectivity index (χ0) is 14.3. The number of nitrogens with one attached hydrogen (secondary N) is 2. The van der Waals surface area contributed by atoms with Crippen molar-refractivity contribution in [1.29, 1.82) is 0 Å². The van der Waals surface area contributed by atoms with Crippen LogP contribution in [0, 0.1) is 0 Å². The highest BCUT2D eigenvalue weighted by molar-refractivity contribution is 7.80. The summed E-state index contributed by atoms with van der Waals surface area (Å²) in [6.45, 7) is -0.650. The summed E-state index contributed by atoms with van der Waals surface area (Å²) >= 11 is 4.86. The second-order valence-corrected chi connectivity index (χ2v) is 3.87. The van der Waals surface area contributed by atoms with E-state index < -0.39 is 23.8 Å². The molecule has 9 heteroatoms. The number of Topliss-reactive ketones (excluding diaryl/α,β-unsaturated/α-hetero) is 2. The van der Waals surface area contributed by atoms with Gasteiger partial charge >= 0.3 is 0 Å². The van der Waals surface area contributed by atoms with Crippen molar-refractivity contribution in [2.75, 3.05) is 27.2 Å². The van der Waals surface area contributed by atoms with Crippen LogP contribution in [-0.4, -0.2) is 71.3 Å². The number of hydrazine groups is 1. The van der Waals surface area contributed by atoms with Gasteiger partial charge in [-0.15, -0.1) is 0 Å². The van der Waals surface area contributed by atoms with Crippen LogP contribution in [0.25, 0.3) is 0 Å². The van der Waals surface area contributed by atoms with E-state index in [-0.39, 0.29) is 13.1 Å². The maximum absolute atomic E-state index is 11.4. The standard InChI is InChI=1S/C9H18N4O4S/c1-11-9(18)13(2)12-4-6(15)8(17)7(16)5(14)3-10/h5,7,12,14,16H,3-4,10H2,1-2H3,(H,11,18). The molecule has 0 aromatic carbocycles. The van der Waals surface area contributed by atoms with E-state index in [2.05, 4.69) is 10.7 Å². The number of hydrogen-bond acceptors (Lipinski definition) is 7. The first-order chi connectivity index (χ1) is 8.34. The Labute approximate surface area is 110 Å². The molecule has 0 rings (SSSR count). The molecule has 0 saturated heterocycles. The number of aliphatic hydroxyl groups excluding tert-OH is 2. The van der Waals surface area contributed by atoms with E-state index in [4.69, 9.17) is 23.1 Å². The van der Waals surface area contributed by atoms with Crippen LogP contribution in [0.5, 0.6) is 0 Å². The molecule has 2 atom stereocenters. The average molecular weight is 278 g/mol. The van der Waals surface area contributed by atoms with Crippen LogP contribution >= 0.6 is 12.2 Å². The molecule has 8 nitrogen and oxygen atoms in total. The van der Waals surface area contributed by atoms with E-state index in [0.29, 0.717) is 5.11 Å². The van der Waals surface area contributed by atoms with Gasteiger partial charge in [-0.05, 0) is 12.2 Å². The first-order valence-electron chi connectivity index (χ1n) is 5.17. The molecule has 0 spiro atoms. The van der Waals surface area contributed by atoms with Crippen molar-refractivity contribution < 1.29 is 19.8 Å². The average Bonchev–Trinajstić information content (AvgIpc) is 2.40. The van der Waals surface area contributed by atoms with Crippen molar-refractivity contribution in [2.45, 2.75) is 12.2 Å². The van der Waals surface area contributed by atoms with Crippen molar-refractivity contribution in [3.05, 3.63) is 0 Å². The second-order valence-electron chi connectivity index (χ2n) is 3.48. The molecule has 6 N–H and O–H groups in total. The fraction of sp³-hybridized carbons (Fsp3) is 0.667. The monoisotopic (exact) mass is 278 g/mol. The summed E-state index contributed by atoms with van der Waals surface area (Å²) < 4.78 is 0. The molecule has 18 heavy (non-hydrogen) atoms. The normalized spacial score (nSPS) is 13.6. The predicted molar refractivity (Wildman–Crippen MR) is 68.5 cm³/mol. The van der Waals surface area contributed by atoms with Crippen molar-refractivity contribution in [3.8, 4) is 0 Å². The van der Waals surface area contributed by atoms with Crippen LogP contribution in [0.1, 0.15) is 0 Å². The maximum Gasteiger partial charge on any atom is 0.230 e. The molecule has 0 aromatic heterocycles. The fourth-order valence-corrected chi connectivity index (χ4v) is 1.05. The Hall–Kier alpha value is -1.13. The molecule has 0 aliphatic carbocycles. The number of hydrogen-bond donors (Lipinski definition) is 5. The van der Waals surface area contributed by atoms with E-state index in [1.54, 1.807) is 14.1 Å². The van der Waals surface area contributed by atoms with Crippen LogP contribution in [0.3, 0.4) is 0 Å². The Morgan fingerprint density at radius 2 is 2.00 bits per heavy atom. The molecular formula is C9H18N4O4S. The highest BCUT2D eigenvalue weighted by Crippen LogP contribution is 1.95. The first kappa shape index (κ1) is 16.9. The van der Waals surface area contributed by atoms with Gasteiger partial charge in [-0.1, -0.05) is 0 Å². The summed E-state index contributed by atoms with van der Waals surface area (Å²) in [7, 11) is 3.16. The molecule has 0 fully saturated rings. The van der Waals surface area contributed by atoms with Crippen LogP contribution < -0.4 is 16.5 Å². The van der Waals surface area contributed by atoms with Gasteiger partial charge in [-0.3, -0.25) is 14.6 Å². The summed E-state index contributed by atoms with van der Waals surface area (Å²) in [5.41, 5.74) is 7.63. The van der Waals surface area contributed by atoms with Gasteiger partial charge in [-0.2, -0.15) is 0 Å². The van der Waals surface area contributed by atoms with Crippen molar-refractivity contribution in [1.82, 2.24) is 15.8 Å². The lowest BCUT2D eigenvalue weighted by Crippen LogP contribution is -2.49. The van der Waals surface area contributed by atoms with E-state index in [9.17, 15) is 14.7 Å². The molecule has 104 valence electrons. The topological polar surface area (TPSA) is 128 Å². The summed E-state index contributed by atoms with van der Waals surface area (Å²) in [5, 5.41) is 22.8. The minimum Gasteiger partial charge on any atom is -0.389 e. The van der Waals surface area contributed by atoms with Crippen LogP contribution in [0.2, 0.25) is 0 Å². The fourth-order valence-electron chi connectivity index (χ4n) is 0.986. The summed E-state index contributed by atoms with van der Waals surface area (Å²) in [4.78, 5) is 22.8. The SMILES string of the molecule is CNC(=S)N(C)NCC(=O)C(=O)C(O)C(O)CN. The Morgan fingerprint density at radius 1 is 1.44 bits per heavy atom. The Kier molecular flexibility index (Phi) is 7.55. The summed E-state index contributed by atoms with van der Waals surface area (Å²) in [5.74, 6) is -1.97. The van der Waals surface area contributed by atoms with Gasteiger partial charge in [0.2, 0.25) is 11.6 Å². The van der Waals surface area contributed by atoms with Crippen LogP contribution in [0.4, 0.5) is 0 Å². The highest BCUT2D eigenvalue weighted by Gasteiger charge is 2.28. The molecule has 0 heterocycles. The maximum atomic E-state index is 11.4. The third-order valence-corrected chi connectivity index (χ3v) is 2.62. The zero-order valence-corrected chi connectivity index (χ0v) is 11.0. The highest BCUT2D eigenvalue weighted by atomic mass is 32.1. The van der Waals surface area contributed by atoms with Gasteiger partial charge in [-0.25, -0.2) is 5.43 Å². The van der Waals surface area contributed by atoms with Crippen LogP contribution in [0.15, 0.2) is 0 Å². The van der Waals surface area contributed by atoms with Crippen molar-refractivity contribution in [2.24, 2.45) is 5.73 Å².